The fourth-order valence-electron chi connectivity index (χ4n) is 1.78. The zero-order chi connectivity index (χ0) is 16.5. The highest BCUT2D eigenvalue weighted by atomic mass is 35.5. The molecule has 1 aromatic heterocycles. The zero-order valence-corrected chi connectivity index (χ0v) is 14.5. The third-order valence-corrected chi connectivity index (χ3v) is 4.99. The first-order valence-corrected chi connectivity index (χ1v) is 8.38. The standard InChI is InChI=1S/C15H19ClFN3OS/c1-10(19-22(21)15(2,3)4)13-8-20(9-18-13)14-6-5-11(16)7-12(14)17/h5-10,19H,1-4H3/t10-,22-/m0/s1. The van der Waals surface area contributed by atoms with Crippen molar-refractivity contribution in [3.63, 3.8) is 0 Å². The van der Waals surface area contributed by atoms with Gasteiger partial charge in [0.15, 0.2) is 0 Å². The molecular weight excluding hydrogens is 325 g/mol. The van der Waals surface area contributed by atoms with Crippen LogP contribution in [-0.2, 0) is 11.4 Å². The Kier molecular flexibility index (Phi) is 5.17. The summed E-state index contributed by atoms with van der Waals surface area (Å²) >= 11 is 4.55. The second-order valence-corrected chi connectivity index (χ2v) is 8.46. The number of nitrogens with zero attached hydrogens (tertiary/aromatic N) is 2. The zero-order valence-electron chi connectivity index (χ0n) is 12.9. The van der Waals surface area contributed by atoms with Gasteiger partial charge >= 0.3 is 0 Å². The molecule has 120 valence electrons. The van der Waals surface area contributed by atoms with Gasteiger partial charge in [-0.15, -0.1) is 4.72 Å². The molecule has 4 nitrogen and oxygen atoms in total. The average molecular weight is 344 g/mol. The summed E-state index contributed by atoms with van der Waals surface area (Å²) in [5, 5.41) is 0.345. The van der Waals surface area contributed by atoms with E-state index in [1.165, 1.54) is 12.4 Å². The van der Waals surface area contributed by atoms with Gasteiger partial charge in [0, 0.05) is 22.6 Å². The van der Waals surface area contributed by atoms with Gasteiger partial charge in [0.05, 0.1) is 23.8 Å². The Morgan fingerprint density at radius 3 is 2.68 bits per heavy atom. The van der Waals surface area contributed by atoms with Gasteiger partial charge in [-0.1, -0.05) is 11.6 Å². The normalized spacial score (nSPS) is 14.9. The van der Waals surface area contributed by atoms with E-state index in [9.17, 15) is 8.94 Å². The van der Waals surface area contributed by atoms with Crippen molar-refractivity contribution in [2.45, 2.75) is 38.5 Å². The van der Waals surface area contributed by atoms with Crippen LogP contribution in [-0.4, -0.2) is 18.9 Å². The van der Waals surface area contributed by atoms with Crippen molar-refractivity contribution in [1.82, 2.24) is 14.3 Å². The number of nitrogens with one attached hydrogen (secondary N) is 1. The maximum absolute atomic E-state index is 13.9. The lowest BCUT2D eigenvalue weighted by Crippen LogP contribution is -2.40. The minimum atomic E-state index is -1.20. The third kappa shape index (κ3) is 4.01. The van der Waals surface area contributed by atoms with E-state index in [1.54, 1.807) is 22.9 Å². The predicted octanol–water partition coefficient (Wildman–Crippen LogP) is 3.78. The smallest absolute Gasteiger partial charge is 0.148 e. The van der Waals surface area contributed by atoms with Gasteiger partial charge < -0.3 is 9.12 Å². The highest BCUT2D eigenvalue weighted by molar-refractivity contribution is 7.90. The molecule has 0 bridgehead atoms. The summed E-state index contributed by atoms with van der Waals surface area (Å²) < 4.78 is 30.2. The first-order valence-electron chi connectivity index (χ1n) is 6.86. The van der Waals surface area contributed by atoms with E-state index >= 15 is 0 Å². The number of rotatable bonds is 4. The molecule has 0 unspecified atom stereocenters. The van der Waals surface area contributed by atoms with Crippen LogP contribution in [0.1, 0.15) is 39.4 Å². The van der Waals surface area contributed by atoms with Gasteiger partial charge in [0.2, 0.25) is 0 Å². The Hall–Kier alpha value is -1.08. The molecule has 0 aliphatic carbocycles. The van der Waals surface area contributed by atoms with Gasteiger partial charge in [-0.3, -0.25) is 0 Å². The van der Waals surface area contributed by atoms with Gasteiger partial charge in [0.25, 0.3) is 0 Å². The van der Waals surface area contributed by atoms with Crippen molar-refractivity contribution >= 4 is 23.0 Å². The van der Waals surface area contributed by atoms with Gasteiger partial charge in [-0.05, 0) is 45.9 Å². The summed E-state index contributed by atoms with van der Waals surface area (Å²) in [4.78, 5) is 4.26. The lowest BCUT2D eigenvalue weighted by atomic mass is 10.2. The lowest BCUT2D eigenvalue weighted by molar-refractivity contribution is 0.529. The number of benzene rings is 1. The SMILES string of the molecule is C[C@H](N[S@@+]([O-])C(C)(C)C)c1cn(-c2ccc(Cl)cc2F)cn1. The Morgan fingerprint density at radius 1 is 1.41 bits per heavy atom. The molecule has 0 saturated heterocycles. The molecule has 1 aromatic carbocycles. The minimum absolute atomic E-state index is 0.211. The van der Waals surface area contributed by atoms with Crippen LogP contribution in [0, 0.1) is 5.82 Å². The molecule has 0 spiro atoms. The Bertz CT molecular complexity index is 656. The van der Waals surface area contributed by atoms with E-state index in [-0.39, 0.29) is 10.8 Å². The van der Waals surface area contributed by atoms with Crippen LogP contribution in [0.25, 0.3) is 5.69 Å². The second kappa shape index (κ2) is 6.58. The summed E-state index contributed by atoms with van der Waals surface area (Å²) in [6.07, 6.45) is 3.24. The first-order chi connectivity index (χ1) is 10.2. The Balaban J connectivity index is 2.17. The van der Waals surface area contributed by atoms with Crippen molar-refractivity contribution in [3.05, 3.63) is 47.3 Å². The molecule has 0 radical (unpaired) electrons. The number of aromatic nitrogens is 2. The van der Waals surface area contributed by atoms with Crippen LogP contribution in [0.4, 0.5) is 4.39 Å². The summed E-state index contributed by atoms with van der Waals surface area (Å²) in [5.41, 5.74) is 1.05. The van der Waals surface area contributed by atoms with Crippen molar-refractivity contribution in [1.29, 1.82) is 0 Å². The molecule has 0 fully saturated rings. The van der Waals surface area contributed by atoms with E-state index in [4.69, 9.17) is 11.6 Å². The van der Waals surface area contributed by atoms with Crippen molar-refractivity contribution in [3.8, 4) is 5.69 Å². The number of imidazole rings is 1. The van der Waals surface area contributed by atoms with Gasteiger partial charge in [-0.25, -0.2) is 9.37 Å². The Labute approximate surface area is 138 Å². The molecule has 1 N–H and O–H groups in total. The summed E-state index contributed by atoms with van der Waals surface area (Å²) in [6.45, 7) is 7.55. The molecular formula is C15H19ClFN3OS. The summed E-state index contributed by atoms with van der Waals surface area (Å²) in [7, 11) is 0. The highest BCUT2D eigenvalue weighted by Crippen LogP contribution is 2.22. The maximum Gasteiger partial charge on any atom is 0.148 e. The van der Waals surface area contributed by atoms with E-state index < -0.39 is 17.2 Å². The lowest BCUT2D eigenvalue weighted by Gasteiger charge is -2.25. The van der Waals surface area contributed by atoms with Crippen LogP contribution < -0.4 is 4.72 Å². The third-order valence-electron chi connectivity index (χ3n) is 3.07. The molecule has 2 rings (SSSR count). The predicted molar refractivity (Wildman–Crippen MR) is 88.0 cm³/mol. The quantitative estimate of drug-likeness (QED) is 0.859. The van der Waals surface area contributed by atoms with E-state index in [0.717, 1.165) is 0 Å². The highest BCUT2D eigenvalue weighted by Gasteiger charge is 2.29. The van der Waals surface area contributed by atoms with Crippen LogP contribution in [0.2, 0.25) is 5.02 Å². The molecule has 1 heterocycles. The second-order valence-electron chi connectivity index (χ2n) is 6.02. The minimum Gasteiger partial charge on any atom is -0.598 e. The maximum atomic E-state index is 13.9. The van der Waals surface area contributed by atoms with E-state index in [2.05, 4.69) is 9.71 Å². The van der Waals surface area contributed by atoms with Crippen LogP contribution >= 0.6 is 11.6 Å². The first kappa shape index (κ1) is 17.3. The molecule has 2 aromatic rings. The molecule has 22 heavy (non-hydrogen) atoms. The van der Waals surface area contributed by atoms with E-state index in [1.807, 2.05) is 27.7 Å². The van der Waals surface area contributed by atoms with Crippen molar-refractivity contribution in [2.75, 3.05) is 0 Å². The topological polar surface area (TPSA) is 52.9 Å². The molecule has 0 amide bonds. The van der Waals surface area contributed by atoms with Crippen LogP contribution in [0.15, 0.2) is 30.7 Å². The van der Waals surface area contributed by atoms with Crippen molar-refractivity contribution in [2.24, 2.45) is 0 Å². The summed E-state index contributed by atoms with van der Waals surface area (Å²) in [6, 6.07) is 4.26. The molecule has 2 atom stereocenters. The number of hydrogen-bond donors (Lipinski definition) is 1. The molecule has 0 aliphatic heterocycles. The molecule has 0 saturated carbocycles. The average Bonchev–Trinajstić information content (AvgIpc) is 2.87. The van der Waals surface area contributed by atoms with Crippen molar-refractivity contribution < 1.29 is 8.94 Å². The van der Waals surface area contributed by atoms with Crippen LogP contribution in [0.3, 0.4) is 0 Å². The summed E-state index contributed by atoms with van der Waals surface area (Å²) in [5.74, 6) is -0.421. The number of halogens is 2. The fourth-order valence-corrected chi connectivity index (χ4v) is 2.74. The van der Waals surface area contributed by atoms with Crippen LogP contribution in [0.5, 0.6) is 0 Å². The van der Waals surface area contributed by atoms with Gasteiger partial charge in [0.1, 0.15) is 10.6 Å². The van der Waals surface area contributed by atoms with Gasteiger partial charge in [-0.2, -0.15) is 0 Å². The Morgan fingerprint density at radius 2 is 2.09 bits per heavy atom. The van der Waals surface area contributed by atoms with E-state index in [0.29, 0.717) is 16.4 Å². The molecule has 0 aliphatic rings. The fraction of sp³-hybridized carbons (Fsp3) is 0.400. The molecule has 7 heteroatoms. The monoisotopic (exact) mass is 343 g/mol. The number of hydrogen-bond acceptors (Lipinski definition) is 3. The largest absolute Gasteiger partial charge is 0.598 e.